The maximum Gasteiger partial charge on any atom is 0.297 e. The van der Waals surface area contributed by atoms with Crippen molar-refractivity contribution in [3.05, 3.63) is 70.3 Å². The van der Waals surface area contributed by atoms with E-state index in [9.17, 15) is 22.9 Å². The van der Waals surface area contributed by atoms with Gasteiger partial charge in [-0.05, 0) is 17.7 Å². The minimum atomic E-state index is -4.17. The lowest BCUT2D eigenvalue weighted by molar-refractivity contribution is -0.384. The lowest BCUT2D eigenvalue weighted by Crippen LogP contribution is -2.11. The van der Waals surface area contributed by atoms with Gasteiger partial charge in [-0.25, -0.2) is 4.39 Å². The third-order valence-corrected chi connectivity index (χ3v) is 4.16. The first kappa shape index (κ1) is 16.1. The van der Waals surface area contributed by atoms with Crippen molar-refractivity contribution in [2.45, 2.75) is 11.1 Å². The van der Waals surface area contributed by atoms with E-state index < -0.39 is 27.8 Å². The Morgan fingerprint density at radius 3 is 2.23 bits per heavy atom. The van der Waals surface area contributed by atoms with Gasteiger partial charge >= 0.3 is 0 Å². The lowest BCUT2D eigenvalue weighted by Gasteiger charge is -2.09. The molecule has 0 radical (unpaired) electrons. The molecule has 0 unspecified atom stereocenters. The van der Waals surface area contributed by atoms with Crippen LogP contribution in [0.15, 0.2) is 59.5 Å². The second kappa shape index (κ2) is 6.63. The predicted octanol–water partition coefficient (Wildman–Crippen LogP) is 3.01. The molecule has 0 amide bonds. The Kier molecular flexibility index (Phi) is 4.84. The third kappa shape index (κ3) is 3.86. The maximum absolute atomic E-state index is 13.9. The van der Waals surface area contributed by atoms with Crippen LogP contribution in [0, 0.1) is 10.1 Å². The average molecular weight is 325 g/mol. The molecule has 0 saturated heterocycles. The molecule has 0 aliphatic carbocycles. The van der Waals surface area contributed by atoms with Crippen molar-refractivity contribution in [3.63, 3.8) is 0 Å². The first-order valence-corrected chi connectivity index (χ1v) is 7.64. The molecule has 0 aromatic heterocycles. The minimum Gasteiger partial charge on any atom is -0.263 e. The van der Waals surface area contributed by atoms with Gasteiger partial charge in [-0.2, -0.15) is 8.42 Å². The molecule has 8 heteroatoms. The molecule has 22 heavy (non-hydrogen) atoms. The number of hydrogen-bond acceptors (Lipinski definition) is 5. The van der Waals surface area contributed by atoms with Gasteiger partial charge in [0.1, 0.15) is 12.8 Å². The molecule has 0 saturated carbocycles. The summed E-state index contributed by atoms with van der Waals surface area (Å²) in [5.74, 6) is 0. The smallest absolute Gasteiger partial charge is 0.263 e. The second-order valence-electron chi connectivity index (χ2n) is 4.37. The summed E-state index contributed by atoms with van der Waals surface area (Å²) in [6, 6.07) is 12.2. The SMILES string of the molecule is O=[N+]([O-])c1ccc(S(=O)(=O)OC[C@H](F)c2ccccc2)cc1. The van der Waals surface area contributed by atoms with Gasteiger partial charge in [-0.1, -0.05) is 30.3 Å². The van der Waals surface area contributed by atoms with Gasteiger partial charge in [0.15, 0.2) is 0 Å². The zero-order chi connectivity index (χ0) is 16.2. The normalized spacial score (nSPS) is 12.8. The van der Waals surface area contributed by atoms with Crippen molar-refractivity contribution >= 4 is 15.8 Å². The van der Waals surface area contributed by atoms with E-state index in [1.54, 1.807) is 18.2 Å². The van der Waals surface area contributed by atoms with Crippen LogP contribution in [0.25, 0.3) is 0 Å². The summed E-state index contributed by atoms with van der Waals surface area (Å²) in [7, 11) is -4.17. The van der Waals surface area contributed by atoms with E-state index in [2.05, 4.69) is 4.18 Å². The van der Waals surface area contributed by atoms with E-state index >= 15 is 0 Å². The monoisotopic (exact) mass is 325 g/mol. The molecule has 1 atom stereocenters. The Hall–Kier alpha value is -2.32. The van der Waals surface area contributed by atoms with Crippen molar-refractivity contribution < 1.29 is 21.9 Å². The molecule has 2 aromatic rings. The third-order valence-electron chi connectivity index (χ3n) is 2.87. The standard InChI is InChI=1S/C14H12FNO5S/c15-14(11-4-2-1-3-5-11)10-21-22(19,20)13-8-6-12(7-9-13)16(17)18/h1-9,14H,10H2/t14-/m0/s1. The molecule has 6 nitrogen and oxygen atoms in total. The highest BCUT2D eigenvalue weighted by Crippen LogP contribution is 2.21. The number of rotatable bonds is 6. The summed E-state index contributed by atoms with van der Waals surface area (Å²) < 4.78 is 42.3. The molecule has 0 N–H and O–H groups in total. The Morgan fingerprint density at radius 2 is 1.68 bits per heavy atom. The number of hydrogen-bond donors (Lipinski definition) is 0. The van der Waals surface area contributed by atoms with Crippen LogP contribution < -0.4 is 0 Å². The first-order valence-electron chi connectivity index (χ1n) is 6.23. The van der Waals surface area contributed by atoms with E-state index in [1.807, 2.05) is 0 Å². The summed E-state index contributed by atoms with van der Waals surface area (Å²) in [5, 5.41) is 10.5. The molecular weight excluding hydrogens is 313 g/mol. The highest BCUT2D eigenvalue weighted by atomic mass is 32.2. The Labute approximate surface area is 126 Å². The van der Waals surface area contributed by atoms with Crippen molar-refractivity contribution in [1.29, 1.82) is 0 Å². The van der Waals surface area contributed by atoms with E-state index in [4.69, 9.17) is 0 Å². The van der Waals surface area contributed by atoms with E-state index in [0.717, 1.165) is 24.3 Å². The second-order valence-corrected chi connectivity index (χ2v) is 5.98. The van der Waals surface area contributed by atoms with Crippen molar-refractivity contribution in [2.24, 2.45) is 0 Å². The molecule has 2 aromatic carbocycles. The van der Waals surface area contributed by atoms with Gasteiger partial charge in [0.2, 0.25) is 0 Å². The summed E-state index contributed by atoms with van der Waals surface area (Å²) in [6.07, 6.45) is -1.59. The zero-order valence-electron chi connectivity index (χ0n) is 11.3. The van der Waals surface area contributed by atoms with E-state index in [0.29, 0.717) is 5.56 Å². The number of nitro benzene ring substituents is 1. The molecule has 0 fully saturated rings. The van der Waals surface area contributed by atoms with Gasteiger partial charge < -0.3 is 0 Å². The fourth-order valence-electron chi connectivity index (χ4n) is 1.71. The van der Waals surface area contributed by atoms with E-state index in [1.165, 1.54) is 12.1 Å². The van der Waals surface area contributed by atoms with Crippen LogP contribution in [0.3, 0.4) is 0 Å². The summed E-state index contributed by atoms with van der Waals surface area (Å²) in [6.45, 7) is -0.663. The fraction of sp³-hybridized carbons (Fsp3) is 0.143. The van der Waals surface area contributed by atoms with Crippen LogP contribution in [0.2, 0.25) is 0 Å². The van der Waals surface area contributed by atoms with Crippen LogP contribution in [0.4, 0.5) is 10.1 Å². The number of non-ortho nitro benzene ring substituents is 1. The number of halogens is 1. The lowest BCUT2D eigenvalue weighted by atomic mass is 10.1. The Bertz CT molecular complexity index is 747. The summed E-state index contributed by atoms with van der Waals surface area (Å²) in [4.78, 5) is 9.60. The number of benzene rings is 2. The van der Waals surface area contributed by atoms with Crippen LogP contribution >= 0.6 is 0 Å². The number of nitro groups is 1. The molecule has 0 aliphatic rings. The van der Waals surface area contributed by atoms with Gasteiger partial charge in [-0.3, -0.25) is 14.3 Å². The van der Waals surface area contributed by atoms with Crippen molar-refractivity contribution in [2.75, 3.05) is 6.61 Å². The fourth-order valence-corrected chi connectivity index (χ4v) is 2.61. The molecule has 0 aliphatic heterocycles. The van der Waals surface area contributed by atoms with Gasteiger partial charge in [0.25, 0.3) is 15.8 Å². The van der Waals surface area contributed by atoms with Gasteiger partial charge in [-0.15, -0.1) is 0 Å². The Balaban J connectivity index is 2.06. The molecule has 0 spiro atoms. The number of alkyl halides is 1. The number of nitrogens with zero attached hydrogens (tertiary/aromatic N) is 1. The highest BCUT2D eigenvalue weighted by Gasteiger charge is 2.20. The Morgan fingerprint density at radius 1 is 1.09 bits per heavy atom. The molecule has 0 bridgehead atoms. The van der Waals surface area contributed by atoms with Crippen molar-refractivity contribution in [3.8, 4) is 0 Å². The minimum absolute atomic E-state index is 0.244. The summed E-state index contributed by atoms with van der Waals surface area (Å²) >= 11 is 0. The van der Waals surface area contributed by atoms with Crippen LogP contribution in [0.5, 0.6) is 0 Å². The molecular formula is C14H12FNO5S. The van der Waals surface area contributed by atoms with Crippen molar-refractivity contribution in [1.82, 2.24) is 0 Å². The largest absolute Gasteiger partial charge is 0.297 e. The topological polar surface area (TPSA) is 86.5 Å². The van der Waals surface area contributed by atoms with Crippen LogP contribution in [-0.4, -0.2) is 19.9 Å². The maximum atomic E-state index is 13.9. The molecule has 0 heterocycles. The predicted molar refractivity (Wildman–Crippen MR) is 76.5 cm³/mol. The zero-order valence-corrected chi connectivity index (χ0v) is 12.1. The van der Waals surface area contributed by atoms with Crippen LogP contribution in [-0.2, 0) is 14.3 Å². The van der Waals surface area contributed by atoms with Crippen LogP contribution in [0.1, 0.15) is 11.7 Å². The molecule has 2 rings (SSSR count). The average Bonchev–Trinajstić information content (AvgIpc) is 2.53. The quantitative estimate of drug-likeness (QED) is 0.463. The first-order chi connectivity index (χ1) is 10.4. The summed E-state index contributed by atoms with van der Waals surface area (Å²) in [5.41, 5.74) is 0.0630. The highest BCUT2D eigenvalue weighted by molar-refractivity contribution is 7.86. The van der Waals surface area contributed by atoms with Gasteiger partial charge in [0, 0.05) is 12.1 Å². The van der Waals surface area contributed by atoms with E-state index in [-0.39, 0.29) is 10.6 Å². The van der Waals surface area contributed by atoms with Gasteiger partial charge in [0.05, 0.1) is 9.82 Å². The molecule has 116 valence electrons.